The van der Waals surface area contributed by atoms with Gasteiger partial charge in [0.15, 0.2) is 0 Å². The zero-order valence-electron chi connectivity index (χ0n) is 7.90. The fraction of sp³-hybridized carbons (Fsp3) is 0.200. The van der Waals surface area contributed by atoms with Gasteiger partial charge in [-0.1, -0.05) is 12.2 Å². The number of carboxylic acids is 1. The molecule has 4 nitrogen and oxygen atoms in total. The van der Waals surface area contributed by atoms with Crippen molar-refractivity contribution in [3.8, 4) is 0 Å². The molecule has 0 spiro atoms. The van der Waals surface area contributed by atoms with Crippen LogP contribution in [0.5, 0.6) is 0 Å². The van der Waals surface area contributed by atoms with Gasteiger partial charge in [0, 0.05) is 6.54 Å². The molecule has 0 aromatic carbocycles. The van der Waals surface area contributed by atoms with Crippen LogP contribution in [0.4, 0.5) is 5.69 Å². The van der Waals surface area contributed by atoms with Gasteiger partial charge in [-0.05, 0) is 19.1 Å². The van der Waals surface area contributed by atoms with Crippen LogP contribution in [0.15, 0.2) is 30.5 Å². The van der Waals surface area contributed by atoms with Crippen LogP contribution >= 0.6 is 0 Å². The van der Waals surface area contributed by atoms with Gasteiger partial charge < -0.3 is 10.4 Å². The van der Waals surface area contributed by atoms with Crippen molar-refractivity contribution in [3.63, 3.8) is 0 Å². The van der Waals surface area contributed by atoms with E-state index in [1.165, 1.54) is 12.3 Å². The van der Waals surface area contributed by atoms with E-state index in [2.05, 4.69) is 10.3 Å². The van der Waals surface area contributed by atoms with Crippen LogP contribution < -0.4 is 5.32 Å². The highest BCUT2D eigenvalue weighted by atomic mass is 16.4. The van der Waals surface area contributed by atoms with Gasteiger partial charge in [0.1, 0.15) is 5.69 Å². The molecule has 0 fully saturated rings. The molecule has 1 aromatic heterocycles. The number of aromatic nitrogens is 1. The lowest BCUT2D eigenvalue weighted by molar-refractivity contribution is 0.0690. The largest absolute Gasteiger partial charge is 0.477 e. The van der Waals surface area contributed by atoms with Crippen LogP contribution in [0.3, 0.4) is 0 Å². The Bertz CT molecular complexity index is 330. The lowest BCUT2D eigenvalue weighted by Gasteiger charge is -2.02. The summed E-state index contributed by atoms with van der Waals surface area (Å²) in [5.74, 6) is -1.01. The van der Waals surface area contributed by atoms with Crippen molar-refractivity contribution in [2.24, 2.45) is 0 Å². The number of hydrogen-bond acceptors (Lipinski definition) is 3. The number of nitrogens with one attached hydrogen (secondary N) is 1. The summed E-state index contributed by atoms with van der Waals surface area (Å²) in [6, 6.07) is 3.17. The summed E-state index contributed by atoms with van der Waals surface area (Å²) in [7, 11) is 0. The number of rotatable bonds is 4. The number of nitrogens with zero attached hydrogens (tertiary/aromatic N) is 1. The third-order valence-corrected chi connectivity index (χ3v) is 1.64. The molecule has 1 rings (SSSR count). The summed E-state index contributed by atoms with van der Waals surface area (Å²) in [5.41, 5.74) is 0.870. The highest BCUT2D eigenvalue weighted by Crippen LogP contribution is 2.05. The maximum absolute atomic E-state index is 10.5. The third-order valence-electron chi connectivity index (χ3n) is 1.64. The summed E-state index contributed by atoms with van der Waals surface area (Å²) < 4.78 is 0. The molecule has 0 aliphatic rings. The quantitative estimate of drug-likeness (QED) is 0.713. The van der Waals surface area contributed by atoms with E-state index in [-0.39, 0.29) is 5.69 Å². The van der Waals surface area contributed by atoms with E-state index in [4.69, 9.17) is 5.11 Å². The minimum absolute atomic E-state index is 0.0570. The fourth-order valence-corrected chi connectivity index (χ4v) is 0.920. The predicted molar refractivity (Wildman–Crippen MR) is 54.5 cm³/mol. The smallest absolute Gasteiger partial charge is 0.354 e. The lowest BCUT2D eigenvalue weighted by atomic mass is 10.3. The number of carboxylic acid groups (broad SMARTS) is 1. The number of pyridine rings is 1. The summed E-state index contributed by atoms with van der Waals surface area (Å²) in [4.78, 5) is 14.2. The van der Waals surface area contributed by atoms with Crippen molar-refractivity contribution in [2.45, 2.75) is 6.92 Å². The van der Waals surface area contributed by atoms with Crippen molar-refractivity contribution < 1.29 is 9.90 Å². The van der Waals surface area contributed by atoms with Crippen molar-refractivity contribution in [1.29, 1.82) is 0 Å². The van der Waals surface area contributed by atoms with E-state index in [1.807, 2.05) is 19.1 Å². The van der Waals surface area contributed by atoms with Crippen molar-refractivity contribution in [1.82, 2.24) is 4.98 Å². The molecule has 0 unspecified atom stereocenters. The van der Waals surface area contributed by atoms with Crippen LogP contribution in [0.25, 0.3) is 0 Å². The predicted octanol–water partition coefficient (Wildman–Crippen LogP) is 1.77. The normalized spacial score (nSPS) is 10.4. The topological polar surface area (TPSA) is 62.2 Å². The van der Waals surface area contributed by atoms with Crippen molar-refractivity contribution >= 4 is 11.7 Å². The van der Waals surface area contributed by atoms with E-state index in [1.54, 1.807) is 6.07 Å². The highest BCUT2D eigenvalue weighted by molar-refractivity contribution is 5.85. The first-order valence-electron chi connectivity index (χ1n) is 4.28. The fourth-order valence-electron chi connectivity index (χ4n) is 0.920. The van der Waals surface area contributed by atoms with Gasteiger partial charge in [-0.2, -0.15) is 0 Å². The molecule has 0 aliphatic carbocycles. The Morgan fingerprint density at radius 1 is 1.64 bits per heavy atom. The molecule has 1 aromatic rings. The Kier molecular flexibility index (Phi) is 3.67. The average molecular weight is 192 g/mol. The molecule has 1 heterocycles. The molecule has 0 bridgehead atoms. The molecule has 4 heteroatoms. The molecule has 0 radical (unpaired) electrons. The van der Waals surface area contributed by atoms with E-state index < -0.39 is 5.97 Å². The summed E-state index contributed by atoms with van der Waals surface area (Å²) in [6.07, 6.45) is 5.41. The van der Waals surface area contributed by atoms with Gasteiger partial charge in [0.2, 0.25) is 0 Å². The van der Waals surface area contributed by atoms with Crippen LogP contribution in [-0.4, -0.2) is 22.6 Å². The Morgan fingerprint density at radius 3 is 2.93 bits per heavy atom. The number of aromatic carboxylic acids is 1. The minimum Gasteiger partial charge on any atom is -0.477 e. The zero-order chi connectivity index (χ0) is 10.4. The lowest BCUT2D eigenvalue weighted by Crippen LogP contribution is -2.02. The second-order valence-corrected chi connectivity index (χ2v) is 2.69. The van der Waals surface area contributed by atoms with Crippen LogP contribution in [0.1, 0.15) is 17.4 Å². The Morgan fingerprint density at radius 2 is 2.43 bits per heavy atom. The second kappa shape index (κ2) is 5.01. The Hall–Kier alpha value is -1.84. The van der Waals surface area contributed by atoms with Crippen LogP contribution in [-0.2, 0) is 0 Å². The molecular formula is C10H12N2O2. The van der Waals surface area contributed by atoms with E-state index in [9.17, 15) is 4.79 Å². The van der Waals surface area contributed by atoms with Crippen molar-refractivity contribution in [2.75, 3.05) is 11.9 Å². The highest BCUT2D eigenvalue weighted by Gasteiger charge is 2.02. The minimum atomic E-state index is -1.01. The summed E-state index contributed by atoms with van der Waals surface area (Å²) >= 11 is 0. The van der Waals surface area contributed by atoms with Crippen LogP contribution in [0, 0.1) is 0 Å². The number of allylic oxidation sites excluding steroid dienone is 1. The van der Waals surface area contributed by atoms with Crippen molar-refractivity contribution in [3.05, 3.63) is 36.2 Å². The standard InChI is InChI=1S/C10H12N2O2/c1-2-3-6-11-8-4-5-9(10(13)14)12-7-8/h2-5,7,11H,6H2,1H3,(H,13,14)/b3-2+. The van der Waals surface area contributed by atoms with Gasteiger partial charge in [-0.25, -0.2) is 9.78 Å². The summed E-state index contributed by atoms with van der Waals surface area (Å²) in [6.45, 7) is 2.65. The molecule has 0 saturated carbocycles. The number of carbonyl (C=O) groups is 1. The van der Waals surface area contributed by atoms with Gasteiger partial charge >= 0.3 is 5.97 Å². The van der Waals surface area contributed by atoms with E-state index >= 15 is 0 Å². The molecule has 0 aliphatic heterocycles. The first kappa shape index (κ1) is 10.2. The van der Waals surface area contributed by atoms with Gasteiger partial charge in [0.25, 0.3) is 0 Å². The molecule has 0 atom stereocenters. The average Bonchev–Trinajstić information content (AvgIpc) is 2.19. The molecule has 14 heavy (non-hydrogen) atoms. The first-order chi connectivity index (χ1) is 6.74. The van der Waals surface area contributed by atoms with E-state index in [0.29, 0.717) is 6.54 Å². The summed E-state index contributed by atoms with van der Waals surface area (Å²) in [5, 5.41) is 11.7. The maximum Gasteiger partial charge on any atom is 0.354 e. The number of hydrogen-bond donors (Lipinski definition) is 2. The monoisotopic (exact) mass is 192 g/mol. The van der Waals surface area contributed by atoms with E-state index in [0.717, 1.165) is 5.69 Å². The Balaban J connectivity index is 2.59. The second-order valence-electron chi connectivity index (χ2n) is 2.69. The molecule has 74 valence electrons. The third kappa shape index (κ3) is 2.90. The maximum atomic E-state index is 10.5. The van der Waals surface area contributed by atoms with Crippen LogP contribution in [0.2, 0.25) is 0 Å². The first-order valence-corrected chi connectivity index (χ1v) is 4.28. The Labute approximate surface area is 82.3 Å². The SMILES string of the molecule is C/C=C/CNc1ccc(C(=O)O)nc1. The molecule has 0 saturated heterocycles. The van der Waals surface area contributed by atoms with Gasteiger partial charge in [-0.3, -0.25) is 0 Å². The molecule has 0 amide bonds. The molecule has 2 N–H and O–H groups in total. The van der Waals surface area contributed by atoms with Gasteiger partial charge in [-0.15, -0.1) is 0 Å². The van der Waals surface area contributed by atoms with Gasteiger partial charge in [0.05, 0.1) is 11.9 Å². The zero-order valence-corrected chi connectivity index (χ0v) is 7.90. The molecular weight excluding hydrogens is 180 g/mol. The number of anilines is 1.